The van der Waals surface area contributed by atoms with E-state index in [1.165, 1.54) is 6.33 Å². The summed E-state index contributed by atoms with van der Waals surface area (Å²) in [7, 11) is 1.59. The van der Waals surface area contributed by atoms with Gasteiger partial charge < -0.3 is 14.8 Å². The van der Waals surface area contributed by atoms with Gasteiger partial charge in [-0.3, -0.25) is 4.98 Å². The van der Waals surface area contributed by atoms with E-state index < -0.39 is 0 Å². The van der Waals surface area contributed by atoms with Crippen LogP contribution in [0, 0.1) is 0 Å². The number of ether oxygens (including phenoxy) is 2. The van der Waals surface area contributed by atoms with Gasteiger partial charge in [0.15, 0.2) is 0 Å². The van der Waals surface area contributed by atoms with Crippen LogP contribution in [0.2, 0.25) is 0 Å². The number of pyridine rings is 1. The smallest absolute Gasteiger partial charge is 0.216 e. The summed E-state index contributed by atoms with van der Waals surface area (Å²) in [4.78, 5) is 12.6. The molecule has 0 amide bonds. The average molecular weight is 288 g/mol. The number of methoxy groups -OCH3 is 1. The van der Waals surface area contributed by atoms with Crippen LogP contribution < -0.4 is 14.8 Å². The van der Waals surface area contributed by atoms with E-state index in [0.717, 1.165) is 23.6 Å². The number of hydrogen-bond acceptors (Lipinski definition) is 6. The highest BCUT2D eigenvalue weighted by Gasteiger charge is 2.16. The predicted molar refractivity (Wildman–Crippen MR) is 79.5 cm³/mol. The minimum Gasteiger partial charge on any atom is -0.492 e. The fourth-order valence-electron chi connectivity index (χ4n) is 2.06. The van der Waals surface area contributed by atoms with Crippen LogP contribution in [-0.4, -0.2) is 35.2 Å². The fraction of sp³-hybridized carbons (Fsp3) is 0.400. The summed E-state index contributed by atoms with van der Waals surface area (Å²) in [6, 6.07) is 3.71. The van der Waals surface area contributed by atoms with Crippen LogP contribution in [-0.2, 0) is 0 Å². The van der Waals surface area contributed by atoms with E-state index in [1.54, 1.807) is 13.3 Å². The molecule has 2 heterocycles. The molecule has 6 heteroatoms. The molecule has 0 aliphatic carbocycles. The van der Waals surface area contributed by atoms with E-state index in [0.29, 0.717) is 12.5 Å². The summed E-state index contributed by atoms with van der Waals surface area (Å²) in [5.41, 5.74) is 1.82. The summed E-state index contributed by atoms with van der Waals surface area (Å²) in [5, 5.41) is 3.39. The topological polar surface area (TPSA) is 69.2 Å². The number of nitrogens with one attached hydrogen (secondary N) is 1. The molecular formula is C15H20N4O2. The second kappa shape index (κ2) is 7.54. The Hall–Kier alpha value is -2.21. The van der Waals surface area contributed by atoms with Crippen LogP contribution in [0.25, 0.3) is 0 Å². The first-order chi connectivity index (χ1) is 10.3. The van der Waals surface area contributed by atoms with Crippen molar-refractivity contribution in [2.75, 3.05) is 20.3 Å². The quantitative estimate of drug-likeness (QED) is 0.840. The van der Waals surface area contributed by atoms with Crippen LogP contribution in [0.15, 0.2) is 30.9 Å². The molecular weight excluding hydrogens is 268 g/mol. The minimum absolute atomic E-state index is 0.0835. The van der Waals surface area contributed by atoms with Gasteiger partial charge in [-0.25, -0.2) is 9.97 Å². The number of hydrogen-bond donors (Lipinski definition) is 1. The van der Waals surface area contributed by atoms with E-state index >= 15 is 0 Å². The van der Waals surface area contributed by atoms with Crippen molar-refractivity contribution in [3.05, 3.63) is 42.1 Å². The van der Waals surface area contributed by atoms with Crippen LogP contribution in [0.3, 0.4) is 0 Å². The minimum atomic E-state index is -0.0835. The second-order valence-electron chi connectivity index (χ2n) is 4.36. The largest absolute Gasteiger partial charge is 0.492 e. The number of aromatic nitrogens is 3. The highest BCUT2D eigenvalue weighted by Crippen LogP contribution is 2.24. The highest BCUT2D eigenvalue weighted by atomic mass is 16.5. The van der Waals surface area contributed by atoms with E-state index in [4.69, 9.17) is 9.47 Å². The Balaban J connectivity index is 2.35. The van der Waals surface area contributed by atoms with Gasteiger partial charge in [0.05, 0.1) is 31.6 Å². The summed E-state index contributed by atoms with van der Waals surface area (Å²) in [6.45, 7) is 5.41. The molecule has 0 aromatic carbocycles. The highest BCUT2D eigenvalue weighted by molar-refractivity contribution is 5.32. The number of rotatable bonds is 7. The average Bonchev–Trinajstić information content (AvgIpc) is 2.53. The molecule has 1 N–H and O–H groups in total. The van der Waals surface area contributed by atoms with Crippen LogP contribution in [0.4, 0.5) is 0 Å². The lowest BCUT2D eigenvalue weighted by atomic mass is 10.1. The first-order valence-corrected chi connectivity index (χ1v) is 6.95. The van der Waals surface area contributed by atoms with Gasteiger partial charge in [-0.2, -0.15) is 0 Å². The zero-order valence-electron chi connectivity index (χ0n) is 12.5. The van der Waals surface area contributed by atoms with Crippen LogP contribution >= 0.6 is 0 Å². The molecule has 0 saturated carbocycles. The first kappa shape index (κ1) is 15.2. The Labute approximate surface area is 124 Å². The monoisotopic (exact) mass is 288 g/mol. The Bertz CT molecular complexity index is 577. The Morgan fingerprint density at radius 2 is 2.05 bits per heavy atom. The summed E-state index contributed by atoms with van der Waals surface area (Å²) in [6.07, 6.45) is 5.01. The first-order valence-electron chi connectivity index (χ1n) is 6.95. The lowest BCUT2D eigenvalue weighted by Gasteiger charge is -2.18. The van der Waals surface area contributed by atoms with Gasteiger partial charge in [0.1, 0.15) is 12.1 Å². The molecule has 0 bridgehead atoms. The molecule has 0 saturated heterocycles. The molecule has 21 heavy (non-hydrogen) atoms. The standard InChI is InChI=1S/C15H20N4O2/c1-4-17-15(13-7-14(20-3)19-10-18-13)11-6-12(21-5-2)9-16-8-11/h6-10,15,17H,4-5H2,1-3H3. The van der Waals surface area contributed by atoms with Gasteiger partial charge in [-0.1, -0.05) is 6.92 Å². The molecule has 0 radical (unpaired) electrons. The zero-order chi connectivity index (χ0) is 15.1. The molecule has 112 valence electrons. The van der Waals surface area contributed by atoms with E-state index in [2.05, 4.69) is 20.3 Å². The molecule has 2 aromatic rings. The van der Waals surface area contributed by atoms with Crippen molar-refractivity contribution in [2.45, 2.75) is 19.9 Å². The summed E-state index contributed by atoms with van der Waals surface area (Å²) >= 11 is 0. The van der Waals surface area contributed by atoms with E-state index in [1.807, 2.05) is 32.2 Å². The molecule has 1 unspecified atom stereocenters. The maximum atomic E-state index is 5.51. The Morgan fingerprint density at radius 3 is 2.76 bits per heavy atom. The third-order valence-corrected chi connectivity index (χ3v) is 2.95. The second-order valence-corrected chi connectivity index (χ2v) is 4.36. The molecule has 0 spiro atoms. The van der Waals surface area contributed by atoms with Crippen LogP contribution in [0.5, 0.6) is 11.6 Å². The summed E-state index contributed by atoms with van der Waals surface area (Å²) < 4.78 is 10.7. The molecule has 0 aliphatic rings. The fourth-order valence-corrected chi connectivity index (χ4v) is 2.06. The van der Waals surface area contributed by atoms with Gasteiger partial charge in [0, 0.05) is 12.3 Å². The molecule has 0 fully saturated rings. The van der Waals surface area contributed by atoms with Gasteiger partial charge in [0.2, 0.25) is 5.88 Å². The number of nitrogens with zero attached hydrogens (tertiary/aromatic N) is 3. The molecule has 0 aliphatic heterocycles. The summed E-state index contributed by atoms with van der Waals surface area (Å²) in [5.74, 6) is 1.29. The van der Waals surface area contributed by atoms with Crippen molar-refractivity contribution >= 4 is 0 Å². The van der Waals surface area contributed by atoms with Gasteiger partial charge in [-0.15, -0.1) is 0 Å². The third kappa shape index (κ3) is 3.88. The van der Waals surface area contributed by atoms with Crippen molar-refractivity contribution in [1.82, 2.24) is 20.3 Å². The molecule has 2 aromatic heterocycles. The Kier molecular flexibility index (Phi) is 5.45. The predicted octanol–water partition coefficient (Wildman–Crippen LogP) is 1.98. The zero-order valence-corrected chi connectivity index (χ0v) is 12.5. The van der Waals surface area contributed by atoms with Gasteiger partial charge >= 0.3 is 0 Å². The van der Waals surface area contributed by atoms with Crippen molar-refractivity contribution in [3.8, 4) is 11.6 Å². The van der Waals surface area contributed by atoms with Crippen molar-refractivity contribution in [1.29, 1.82) is 0 Å². The molecule has 1 atom stereocenters. The molecule has 6 nitrogen and oxygen atoms in total. The lowest BCUT2D eigenvalue weighted by Crippen LogP contribution is -2.23. The van der Waals surface area contributed by atoms with Gasteiger partial charge in [-0.05, 0) is 25.1 Å². The van der Waals surface area contributed by atoms with Crippen molar-refractivity contribution in [2.24, 2.45) is 0 Å². The van der Waals surface area contributed by atoms with Crippen LogP contribution in [0.1, 0.15) is 31.1 Å². The van der Waals surface area contributed by atoms with E-state index in [9.17, 15) is 0 Å². The maximum absolute atomic E-state index is 5.51. The van der Waals surface area contributed by atoms with Crippen molar-refractivity contribution in [3.63, 3.8) is 0 Å². The van der Waals surface area contributed by atoms with Crippen molar-refractivity contribution < 1.29 is 9.47 Å². The maximum Gasteiger partial charge on any atom is 0.216 e. The Morgan fingerprint density at radius 1 is 1.19 bits per heavy atom. The third-order valence-electron chi connectivity index (χ3n) is 2.95. The van der Waals surface area contributed by atoms with E-state index in [-0.39, 0.29) is 6.04 Å². The molecule has 2 rings (SSSR count). The SMILES string of the molecule is CCNC(c1cncc(OCC)c1)c1cc(OC)ncn1. The lowest BCUT2D eigenvalue weighted by molar-refractivity contribution is 0.338. The van der Waals surface area contributed by atoms with Gasteiger partial charge in [0.25, 0.3) is 0 Å². The normalized spacial score (nSPS) is 12.0.